The van der Waals surface area contributed by atoms with Crippen LogP contribution in [0.5, 0.6) is 0 Å². The van der Waals surface area contributed by atoms with Crippen LogP contribution in [0.25, 0.3) is 5.69 Å². The number of para-hydroxylation sites is 1. The number of hydrogen-bond donors (Lipinski definition) is 2. The van der Waals surface area contributed by atoms with Crippen molar-refractivity contribution >= 4 is 17.7 Å². The second-order valence-electron chi connectivity index (χ2n) is 7.36. The number of aromatic nitrogens is 2. The summed E-state index contributed by atoms with van der Waals surface area (Å²) < 4.78 is 1.55. The molecule has 0 aliphatic heterocycles. The molecule has 4 rings (SSSR count). The zero-order valence-electron chi connectivity index (χ0n) is 16.2. The fourth-order valence-corrected chi connectivity index (χ4v) is 3.35. The van der Waals surface area contributed by atoms with E-state index in [9.17, 15) is 19.5 Å². The van der Waals surface area contributed by atoms with Gasteiger partial charge in [-0.3, -0.25) is 9.59 Å². The third-order valence-corrected chi connectivity index (χ3v) is 5.07. The molecule has 0 spiro atoms. The number of benzene rings is 2. The summed E-state index contributed by atoms with van der Waals surface area (Å²) in [6.45, 7) is 0. The van der Waals surface area contributed by atoms with Gasteiger partial charge in [-0.2, -0.15) is 5.10 Å². The number of aliphatic carboxylic acids is 1. The van der Waals surface area contributed by atoms with Crippen LogP contribution < -0.4 is 5.32 Å². The maximum Gasteiger partial charge on any atom is 0.374 e. The minimum absolute atomic E-state index is 0.0900. The van der Waals surface area contributed by atoms with E-state index in [2.05, 4.69) is 10.4 Å². The van der Waals surface area contributed by atoms with Crippen molar-refractivity contribution < 1.29 is 19.5 Å². The lowest BCUT2D eigenvalue weighted by molar-refractivity contribution is -0.149. The molecule has 1 aliphatic rings. The molecule has 1 aromatic heterocycles. The largest absolute Gasteiger partial charge is 0.475 e. The van der Waals surface area contributed by atoms with Crippen molar-refractivity contribution in [1.29, 1.82) is 0 Å². The highest BCUT2D eigenvalue weighted by atomic mass is 16.4. The van der Waals surface area contributed by atoms with E-state index in [1.54, 1.807) is 35.0 Å². The van der Waals surface area contributed by atoms with E-state index < -0.39 is 23.7 Å². The summed E-state index contributed by atoms with van der Waals surface area (Å²) in [5.74, 6) is -2.83. The van der Waals surface area contributed by atoms with Gasteiger partial charge >= 0.3 is 5.97 Å². The van der Waals surface area contributed by atoms with Crippen molar-refractivity contribution in [3.05, 3.63) is 83.7 Å². The molecule has 1 saturated carbocycles. The Kier molecular flexibility index (Phi) is 5.43. The Morgan fingerprint density at radius 2 is 1.67 bits per heavy atom. The lowest BCUT2D eigenvalue weighted by atomic mass is 10.0. The second kappa shape index (κ2) is 8.32. The molecule has 1 fully saturated rings. The van der Waals surface area contributed by atoms with Crippen LogP contribution in [0, 0.1) is 0 Å². The van der Waals surface area contributed by atoms with Crippen molar-refractivity contribution in [3.63, 3.8) is 0 Å². The number of nitrogens with zero attached hydrogens (tertiary/aromatic N) is 2. The predicted octanol–water partition coefficient (Wildman–Crippen LogP) is 2.74. The van der Waals surface area contributed by atoms with Crippen LogP contribution >= 0.6 is 0 Å². The van der Waals surface area contributed by atoms with Crippen molar-refractivity contribution in [3.8, 4) is 5.69 Å². The first kappa shape index (κ1) is 19.6. The zero-order valence-corrected chi connectivity index (χ0v) is 16.2. The summed E-state index contributed by atoms with van der Waals surface area (Å²) >= 11 is 0. The predicted molar refractivity (Wildman–Crippen MR) is 110 cm³/mol. The molecule has 2 N–H and O–H groups in total. The molecule has 7 nitrogen and oxygen atoms in total. The molecular weight excluding hydrogens is 382 g/mol. The van der Waals surface area contributed by atoms with E-state index in [1.807, 2.05) is 36.4 Å². The molecule has 1 amide bonds. The van der Waals surface area contributed by atoms with Crippen LogP contribution in [-0.2, 0) is 16.0 Å². The minimum atomic E-state index is -1.58. The fraction of sp³-hybridized carbons (Fsp3) is 0.217. The third kappa shape index (κ3) is 4.30. The van der Waals surface area contributed by atoms with Gasteiger partial charge in [-0.15, -0.1) is 0 Å². The Labute approximate surface area is 173 Å². The average molecular weight is 403 g/mol. The summed E-state index contributed by atoms with van der Waals surface area (Å²) in [5.41, 5.74) is 2.58. The lowest BCUT2D eigenvalue weighted by Gasteiger charge is -2.16. The van der Waals surface area contributed by atoms with Crippen LogP contribution in [0.1, 0.15) is 40.5 Å². The van der Waals surface area contributed by atoms with Gasteiger partial charge in [0.05, 0.1) is 11.4 Å². The Bertz CT molecular complexity index is 1070. The highest BCUT2D eigenvalue weighted by Crippen LogP contribution is 2.39. The SMILES string of the molecule is O=C(O)C(=O)C(Cc1ccccc1)NC(=O)c1cc(C2CC2)nn1-c1ccccc1. The fourth-order valence-electron chi connectivity index (χ4n) is 3.35. The molecule has 7 heteroatoms. The van der Waals surface area contributed by atoms with E-state index in [4.69, 9.17) is 0 Å². The van der Waals surface area contributed by atoms with Crippen molar-refractivity contribution in [2.24, 2.45) is 0 Å². The van der Waals surface area contributed by atoms with E-state index >= 15 is 0 Å². The molecule has 0 bridgehead atoms. The van der Waals surface area contributed by atoms with Gasteiger partial charge in [-0.05, 0) is 36.6 Å². The van der Waals surface area contributed by atoms with Crippen LogP contribution in [0.15, 0.2) is 66.7 Å². The van der Waals surface area contributed by atoms with Crippen LogP contribution in [-0.4, -0.2) is 38.6 Å². The van der Waals surface area contributed by atoms with Gasteiger partial charge in [0.25, 0.3) is 11.7 Å². The maximum atomic E-state index is 13.1. The number of carbonyl (C=O) groups excluding carboxylic acids is 2. The van der Waals surface area contributed by atoms with E-state index in [-0.39, 0.29) is 12.1 Å². The number of hydrogen-bond acceptors (Lipinski definition) is 4. The first-order valence-electron chi connectivity index (χ1n) is 9.80. The molecule has 0 saturated heterocycles. The van der Waals surface area contributed by atoms with Gasteiger partial charge in [0.1, 0.15) is 11.7 Å². The Morgan fingerprint density at radius 1 is 1.03 bits per heavy atom. The van der Waals surface area contributed by atoms with Crippen molar-refractivity contribution in [1.82, 2.24) is 15.1 Å². The molecule has 2 aromatic carbocycles. The number of ketones is 1. The monoisotopic (exact) mass is 403 g/mol. The minimum Gasteiger partial charge on any atom is -0.475 e. The topological polar surface area (TPSA) is 101 Å². The lowest BCUT2D eigenvalue weighted by Crippen LogP contribution is -2.45. The number of nitrogens with one attached hydrogen (secondary N) is 1. The molecule has 1 unspecified atom stereocenters. The van der Waals surface area contributed by atoms with Gasteiger partial charge in [0, 0.05) is 12.3 Å². The Morgan fingerprint density at radius 3 is 2.27 bits per heavy atom. The van der Waals surface area contributed by atoms with Gasteiger partial charge in [0.2, 0.25) is 0 Å². The quantitative estimate of drug-likeness (QED) is 0.563. The smallest absolute Gasteiger partial charge is 0.374 e. The Balaban J connectivity index is 1.63. The maximum absolute atomic E-state index is 13.1. The van der Waals surface area contributed by atoms with Crippen LogP contribution in [0.2, 0.25) is 0 Å². The molecule has 3 aromatic rings. The summed E-state index contributed by atoms with van der Waals surface area (Å²) in [4.78, 5) is 36.7. The molecule has 1 aliphatic carbocycles. The highest BCUT2D eigenvalue weighted by molar-refractivity contribution is 6.35. The van der Waals surface area contributed by atoms with Gasteiger partial charge in [-0.1, -0.05) is 48.5 Å². The summed E-state index contributed by atoms with van der Waals surface area (Å²) in [5, 5.41) is 16.4. The average Bonchev–Trinajstić information content (AvgIpc) is 3.52. The van der Waals surface area contributed by atoms with Crippen LogP contribution in [0.4, 0.5) is 0 Å². The van der Waals surface area contributed by atoms with Gasteiger partial charge in [-0.25, -0.2) is 9.48 Å². The van der Waals surface area contributed by atoms with E-state index in [0.29, 0.717) is 5.92 Å². The normalized spacial score (nSPS) is 14.1. The number of carboxylic acids is 1. The number of carbonyl (C=O) groups is 3. The number of carboxylic acid groups (broad SMARTS) is 1. The zero-order chi connectivity index (χ0) is 21.1. The molecular formula is C23H21N3O4. The van der Waals surface area contributed by atoms with Crippen molar-refractivity contribution in [2.75, 3.05) is 0 Å². The highest BCUT2D eigenvalue weighted by Gasteiger charge is 2.31. The molecule has 1 heterocycles. The standard InChI is InChI=1S/C23H21N3O4/c27-21(23(29)30)19(13-15-7-3-1-4-8-15)24-22(28)20-14-18(16-11-12-16)25-26(20)17-9-5-2-6-10-17/h1-10,14,16,19H,11-13H2,(H,24,28)(H,29,30). The summed E-state index contributed by atoms with van der Waals surface area (Å²) in [6.07, 6.45) is 2.15. The third-order valence-electron chi connectivity index (χ3n) is 5.07. The molecule has 30 heavy (non-hydrogen) atoms. The van der Waals surface area contributed by atoms with E-state index in [0.717, 1.165) is 29.8 Å². The van der Waals surface area contributed by atoms with E-state index in [1.165, 1.54) is 0 Å². The molecule has 1 atom stereocenters. The number of Topliss-reactive ketones (excluding diaryl/α,β-unsaturated/α-hetero) is 1. The molecule has 0 radical (unpaired) electrons. The van der Waals surface area contributed by atoms with Crippen molar-refractivity contribution in [2.45, 2.75) is 31.2 Å². The first-order valence-corrected chi connectivity index (χ1v) is 9.80. The Hall–Kier alpha value is -3.74. The first-order chi connectivity index (χ1) is 14.5. The van der Waals surface area contributed by atoms with Gasteiger partial charge in [0.15, 0.2) is 0 Å². The molecule has 152 valence electrons. The van der Waals surface area contributed by atoms with Gasteiger partial charge < -0.3 is 10.4 Å². The van der Waals surface area contributed by atoms with Crippen LogP contribution in [0.3, 0.4) is 0 Å². The summed E-state index contributed by atoms with van der Waals surface area (Å²) in [7, 11) is 0. The second-order valence-corrected chi connectivity index (χ2v) is 7.36. The number of rotatable bonds is 8. The summed E-state index contributed by atoms with van der Waals surface area (Å²) in [6, 6.07) is 18.8. The number of amides is 1.